The fourth-order valence-corrected chi connectivity index (χ4v) is 3.16. The van der Waals surface area contributed by atoms with E-state index < -0.39 is 0 Å². The largest absolute Gasteiger partial charge is 0.332 e. The maximum Gasteiger partial charge on any atom is 0.332 e. The molecule has 8 heteroatoms. The molecule has 0 saturated heterocycles. The molecular formula is C15H22N6O2. The molecule has 3 rings (SSSR count). The maximum atomic E-state index is 11.5. The van der Waals surface area contributed by atoms with Gasteiger partial charge in [-0.05, 0) is 38.5 Å². The minimum Gasteiger partial charge on any atom is -0.285 e. The normalized spacial score (nSPS) is 25.5. The molecule has 1 N–H and O–H groups in total. The van der Waals surface area contributed by atoms with Crippen LogP contribution in [0.15, 0.2) is 35.1 Å². The number of nitro groups is 1. The Balaban J connectivity index is 1.79. The van der Waals surface area contributed by atoms with Gasteiger partial charge in [-0.25, -0.2) is 15.4 Å². The van der Waals surface area contributed by atoms with Gasteiger partial charge in [0.2, 0.25) is 5.84 Å². The van der Waals surface area contributed by atoms with Crippen molar-refractivity contribution in [3.8, 4) is 0 Å². The minimum atomic E-state index is -0.370. The Morgan fingerprint density at radius 3 is 2.70 bits per heavy atom. The van der Waals surface area contributed by atoms with E-state index in [1.165, 1.54) is 19.2 Å². The summed E-state index contributed by atoms with van der Waals surface area (Å²) in [7, 11) is 0. The van der Waals surface area contributed by atoms with Crippen molar-refractivity contribution in [3.05, 3.63) is 40.2 Å². The standard InChI is InChI=1S/C15H22N6O2/c1-11-3-5-13(6-4-11)18-20-10-17-15(19-8-7-16-9-19)14(12(20)2)21(22)23/h7-9,11,13,18H,3-6,10H2,1-2H3. The molecule has 2 heterocycles. The van der Waals surface area contributed by atoms with Gasteiger partial charge in [0.15, 0.2) is 0 Å². The van der Waals surface area contributed by atoms with Gasteiger partial charge < -0.3 is 0 Å². The molecule has 1 aromatic rings. The fourth-order valence-electron chi connectivity index (χ4n) is 3.16. The number of hydrazine groups is 1. The minimum absolute atomic E-state index is 0.0194. The first-order chi connectivity index (χ1) is 11.1. The molecule has 0 atom stereocenters. The molecule has 0 aromatic carbocycles. The van der Waals surface area contributed by atoms with Crippen LogP contribution < -0.4 is 5.43 Å². The summed E-state index contributed by atoms with van der Waals surface area (Å²) in [6.07, 6.45) is 9.36. The summed E-state index contributed by atoms with van der Waals surface area (Å²) >= 11 is 0. The average Bonchev–Trinajstić information content (AvgIpc) is 3.05. The summed E-state index contributed by atoms with van der Waals surface area (Å²) in [6.45, 7) is 4.40. The highest BCUT2D eigenvalue weighted by atomic mass is 16.6. The lowest BCUT2D eigenvalue weighted by Crippen LogP contribution is -2.48. The van der Waals surface area contributed by atoms with Crippen molar-refractivity contribution in [3.63, 3.8) is 0 Å². The van der Waals surface area contributed by atoms with Crippen LogP contribution in [0.25, 0.3) is 0 Å². The Bertz CT molecular complexity index is 628. The quantitative estimate of drug-likeness (QED) is 0.680. The molecule has 1 aliphatic heterocycles. The summed E-state index contributed by atoms with van der Waals surface area (Å²) in [5, 5.41) is 13.3. The van der Waals surface area contributed by atoms with E-state index in [4.69, 9.17) is 0 Å². The lowest BCUT2D eigenvalue weighted by molar-refractivity contribution is -0.418. The van der Waals surface area contributed by atoms with Crippen LogP contribution in [0.5, 0.6) is 0 Å². The molecule has 23 heavy (non-hydrogen) atoms. The second kappa shape index (κ2) is 6.49. The number of allylic oxidation sites excluding steroid dienone is 2. The van der Waals surface area contributed by atoms with Crippen LogP contribution in [-0.2, 0) is 0 Å². The summed E-state index contributed by atoms with van der Waals surface area (Å²) in [4.78, 5) is 19.5. The van der Waals surface area contributed by atoms with E-state index in [0.29, 0.717) is 24.2 Å². The summed E-state index contributed by atoms with van der Waals surface area (Å²) in [5.74, 6) is 1.10. The van der Waals surface area contributed by atoms with Gasteiger partial charge in [-0.3, -0.25) is 19.7 Å². The van der Waals surface area contributed by atoms with Crippen LogP contribution in [0.4, 0.5) is 0 Å². The summed E-state index contributed by atoms with van der Waals surface area (Å²) in [5.41, 5.74) is 4.03. The number of hydrogen-bond acceptors (Lipinski definition) is 6. The molecule has 0 spiro atoms. The predicted octanol–water partition coefficient (Wildman–Crippen LogP) is 1.99. The number of aromatic nitrogens is 2. The van der Waals surface area contributed by atoms with Gasteiger partial charge >= 0.3 is 5.70 Å². The van der Waals surface area contributed by atoms with Crippen LogP contribution in [0.1, 0.15) is 39.5 Å². The molecule has 1 fully saturated rings. The van der Waals surface area contributed by atoms with Crippen LogP contribution in [0, 0.1) is 16.0 Å². The highest BCUT2D eigenvalue weighted by Gasteiger charge is 2.32. The first-order valence-corrected chi connectivity index (χ1v) is 7.98. The first kappa shape index (κ1) is 15.7. The molecule has 0 unspecified atom stereocenters. The molecule has 1 aromatic heterocycles. The van der Waals surface area contributed by atoms with Crippen LogP contribution in [0.2, 0.25) is 0 Å². The Labute approximate surface area is 135 Å². The van der Waals surface area contributed by atoms with Gasteiger partial charge in [-0.2, -0.15) is 0 Å². The average molecular weight is 318 g/mol. The van der Waals surface area contributed by atoms with Gasteiger partial charge in [0.1, 0.15) is 18.7 Å². The molecule has 0 radical (unpaired) electrons. The number of rotatable bonds is 3. The van der Waals surface area contributed by atoms with E-state index in [1.54, 1.807) is 28.9 Å². The smallest absolute Gasteiger partial charge is 0.285 e. The number of aliphatic imine (C=N–C) groups is 1. The van der Waals surface area contributed by atoms with Gasteiger partial charge in [-0.15, -0.1) is 0 Å². The van der Waals surface area contributed by atoms with Crippen molar-refractivity contribution in [2.75, 3.05) is 6.67 Å². The molecule has 1 saturated carbocycles. The molecule has 124 valence electrons. The van der Waals surface area contributed by atoms with Gasteiger partial charge in [0.05, 0.1) is 4.92 Å². The number of hydrogen-bond donors (Lipinski definition) is 1. The molecular weight excluding hydrogens is 296 g/mol. The van der Waals surface area contributed by atoms with Crippen molar-refractivity contribution in [1.82, 2.24) is 20.0 Å². The zero-order valence-electron chi connectivity index (χ0n) is 13.5. The van der Waals surface area contributed by atoms with Crippen LogP contribution >= 0.6 is 0 Å². The summed E-state index contributed by atoms with van der Waals surface area (Å²) < 4.78 is 1.58. The Kier molecular flexibility index (Phi) is 4.42. The highest BCUT2D eigenvalue weighted by Crippen LogP contribution is 2.25. The van der Waals surface area contributed by atoms with E-state index in [0.717, 1.165) is 18.8 Å². The molecule has 8 nitrogen and oxygen atoms in total. The van der Waals surface area contributed by atoms with Crippen molar-refractivity contribution < 1.29 is 4.92 Å². The second-order valence-electron chi connectivity index (χ2n) is 6.30. The zero-order chi connectivity index (χ0) is 16.4. The lowest BCUT2D eigenvalue weighted by Gasteiger charge is -2.34. The molecule has 0 amide bonds. The van der Waals surface area contributed by atoms with Crippen molar-refractivity contribution >= 4 is 5.84 Å². The van der Waals surface area contributed by atoms with Gasteiger partial charge in [0, 0.05) is 18.4 Å². The fraction of sp³-hybridized carbons (Fsp3) is 0.600. The lowest BCUT2D eigenvalue weighted by atomic mass is 9.88. The third-order valence-corrected chi connectivity index (χ3v) is 4.61. The highest BCUT2D eigenvalue weighted by molar-refractivity contribution is 5.98. The monoisotopic (exact) mass is 318 g/mol. The molecule has 0 bridgehead atoms. The van der Waals surface area contributed by atoms with Crippen LogP contribution in [-0.4, -0.2) is 38.0 Å². The van der Waals surface area contributed by atoms with E-state index in [-0.39, 0.29) is 10.6 Å². The molecule has 1 aliphatic carbocycles. The Morgan fingerprint density at radius 2 is 2.09 bits per heavy atom. The summed E-state index contributed by atoms with van der Waals surface area (Å²) in [6, 6.07) is 0.360. The van der Waals surface area contributed by atoms with Crippen molar-refractivity contribution in [2.45, 2.75) is 45.6 Å². The number of nitrogens with one attached hydrogen (secondary N) is 1. The Morgan fingerprint density at radius 1 is 1.35 bits per heavy atom. The van der Waals surface area contributed by atoms with E-state index in [2.05, 4.69) is 22.3 Å². The second-order valence-corrected chi connectivity index (χ2v) is 6.30. The van der Waals surface area contributed by atoms with E-state index >= 15 is 0 Å². The van der Waals surface area contributed by atoms with Crippen molar-refractivity contribution in [2.24, 2.45) is 10.9 Å². The number of imidazole rings is 1. The van der Waals surface area contributed by atoms with Crippen LogP contribution in [0.3, 0.4) is 0 Å². The van der Waals surface area contributed by atoms with Crippen molar-refractivity contribution in [1.29, 1.82) is 0 Å². The number of nitrogens with zero attached hydrogens (tertiary/aromatic N) is 5. The SMILES string of the molecule is CC1=C([N+](=O)[O-])C(n2ccnc2)=NCN1NC1CCC(C)CC1. The van der Waals surface area contributed by atoms with E-state index in [1.807, 2.05) is 0 Å². The van der Waals surface area contributed by atoms with Gasteiger partial charge in [-0.1, -0.05) is 6.92 Å². The third-order valence-electron chi connectivity index (χ3n) is 4.61. The van der Waals surface area contributed by atoms with E-state index in [9.17, 15) is 10.1 Å². The third kappa shape index (κ3) is 3.26. The predicted molar refractivity (Wildman–Crippen MR) is 86.0 cm³/mol. The molecule has 2 aliphatic rings. The zero-order valence-corrected chi connectivity index (χ0v) is 13.5. The first-order valence-electron chi connectivity index (χ1n) is 7.98. The maximum absolute atomic E-state index is 11.5. The Hall–Kier alpha value is -2.22. The topological polar surface area (TPSA) is 88.6 Å². The van der Waals surface area contributed by atoms with Gasteiger partial charge in [0.25, 0.3) is 0 Å².